The average molecular weight is 288 g/mol. The van der Waals surface area contributed by atoms with E-state index in [2.05, 4.69) is 20.4 Å². The summed E-state index contributed by atoms with van der Waals surface area (Å²) in [5.41, 5.74) is 6.34. The number of pyridine rings is 1. The predicted octanol–water partition coefficient (Wildman–Crippen LogP) is 0.910. The zero-order valence-corrected chi connectivity index (χ0v) is 12.3. The Morgan fingerprint density at radius 1 is 1.43 bits per heavy atom. The van der Waals surface area contributed by atoms with Crippen LogP contribution in [-0.2, 0) is 0 Å². The van der Waals surface area contributed by atoms with Gasteiger partial charge in [0.2, 0.25) is 0 Å². The highest BCUT2D eigenvalue weighted by Gasteiger charge is 2.21. The number of aromatic nitrogens is 4. The van der Waals surface area contributed by atoms with Crippen molar-refractivity contribution in [3.8, 4) is 5.82 Å². The predicted molar refractivity (Wildman–Crippen MR) is 79.0 cm³/mol. The van der Waals surface area contributed by atoms with Crippen LogP contribution in [0.1, 0.15) is 37.0 Å². The molecule has 2 heterocycles. The van der Waals surface area contributed by atoms with Crippen molar-refractivity contribution in [2.75, 3.05) is 6.54 Å². The van der Waals surface area contributed by atoms with Gasteiger partial charge in [-0.25, -0.2) is 14.6 Å². The fourth-order valence-corrected chi connectivity index (χ4v) is 1.87. The van der Waals surface area contributed by atoms with Crippen LogP contribution in [0.4, 0.5) is 0 Å². The number of nitrogens with one attached hydrogen (secondary N) is 1. The smallest absolute Gasteiger partial charge is 0.251 e. The van der Waals surface area contributed by atoms with E-state index in [1.807, 2.05) is 13.8 Å². The molecule has 3 N–H and O–H groups in total. The van der Waals surface area contributed by atoms with Crippen LogP contribution >= 0.6 is 0 Å². The summed E-state index contributed by atoms with van der Waals surface area (Å²) in [6, 6.07) is 3.33. The van der Waals surface area contributed by atoms with E-state index in [1.54, 1.807) is 18.3 Å². The molecule has 0 aliphatic rings. The van der Waals surface area contributed by atoms with Crippen LogP contribution in [0.3, 0.4) is 0 Å². The Bertz CT molecular complexity index is 591. The molecule has 1 amide bonds. The first-order chi connectivity index (χ1) is 10.1. The normalized spacial score (nSPS) is 11.4. The molecular formula is C14H20N6O. The minimum atomic E-state index is -0.364. The molecule has 0 aliphatic heterocycles. The van der Waals surface area contributed by atoms with E-state index >= 15 is 0 Å². The minimum Gasteiger partial charge on any atom is -0.350 e. The highest BCUT2D eigenvalue weighted by Crippen LogP contribution is 2.10. The van der Waals surface area contributed by atoms with Gasteiger partial charge in [-0.1, -0.05) is 13.8 Å². The van der Waals surface area contributed by atoms with Gasteiger partial charge in [-0.2, -0.15) is 5.10 Å². The van der Waals surface area contributed by atoms with Crippen molar-refractivity contribution in [3.05, 3.63) is 36.5 Å². The monoisotopic (exact) mass is 288 g/mol. The van der Waals surface area contributed by atoms with E-state index < -0.39 is 0 Å². The Labute approximate surface area is 123 Å². The van der Waals surface area contributed by atoms with Crippen molar-refractivity contribution in [1.82, 2.24) is 25.1 Å². The Morgan fingerprint density at radius 3 is 2.81 bits per heavy atom. The molecule has 2 aromatic rings. The maximum atomic E-state index is 12.2. The Balaban J connectivity index is 2.08. The summed E-state index contributed by atoms with van der Waals surface area (Å²) >= 11 is 0. The second-order valence-corrected chi connectivity index (χ2v) is 4.99. The molecule has 2 rings (SSSR count). The van der Waals surface area contributed by atoms with Crippen LogP contribution in [0.5, 0.6) is 0 Å². The summed E-state index contributed by atoms with van der Waals surface area (Å²) < 4.78 is 1.50. The molecular weight excluding hydrogens is 268 g/mol. The van der Waals surface area contributed by atoms with Gasteiger partial charge >= 0.3 is 0 Å². The summed E-state index contributed by atoms with van der Waals surface area (Å²) in [5, 5.41) is 6.87. The molecule has 0 spiro atoms. The second-order valence-electron chi connectivity index (χ2n) is 4.99. The third kappa shape index (κ3) is 3.63. The van der Waals surface area contributed by atoms with E-state index in [9.17, 15) is 4.79 Å². The van der Waals surface area contributed by atoms with Crippen molar-refractivity contribution >= 4 is 5.91 Å². The Kier molecular flexibility index (Phi) is 4.64. The first kappa shape index (κ1) is 15.1. The summed E-state index contributed by atoms with van der Waals surface area (Å²) in [6.07, 6.45) is 6.14. The molecule has 21 heavy (non-hydrogen) atoms. The van der Waals surface area contributed by atoms with E-state index in [4.69, 9.17) is 5.73 Å². The summed E-state index contributed by atoms with van der Waals surface area (Å²) in [4.78, 5) is 20.2. The number of carbonyl (C=O) groups is 1. The molecule has 0 aromatic carbocycles. The van der Waals surface area contributed by atoms with Crippen molar-refractivity contribution in [1.29, 1.82) is 0 Å². The van der Waals surface area contributed by atoms with Gasteiger partial charge in [-0.15, -0.1) is 0 Å². The summed E-state index contributed by atoms with van der Waals surface area (Å²) in [6.45, 7) is 4.48. The van der Waals surface area contributed by atoms with Crippen molar-refractivity contribution in [2.45, 2.75) is 32.2 Å². The number of rotatable bonds is 6. The van der Waals surface area contributed by atoms with Crippen LogP contribution < -0.4 is 11.1 Å². The molecule has 0 radical (unpaired) electrons. The second kappa shape index (κ2) is 6.45. The zero-order chi connectivity index (χ0) is 15.3. The molecule has 2 aromatic heterocycles. The van der Waals surface area contributed by atoms with Gasteiger partial charge in [0.05, 0.1) is 0 Å². The van der Waals surface area contributed by atoms with Crippen LogP contribution in [0.25, 0.3) is 5.82 Å². The first-order valence-corrected chi connectivity index (χ1v) is 6.96. The van der Waals surface area contributed by atoms with Gasteiger partial charge in [0.25, 0.3) is 5.91 Å². The molecule has 7 heteroatoms. The third-order valence-corrected chi connectivity index (χ3v) is 3.67. The molecule has 7 nitrogen and oxygen atoms in total. The van der Waals surface area contributed by atoms with Crippen LogP contribution in [0.2, 0.25) is 0 Å². The van der Waals surface area contributed by atoms with Crippen LogP contribution in [-0.4, -0.2) is 37.7 Å². The van der Waals surface area contributed by atoms with Gasteiger partial charge in [0.15, 0.2) is 5.82 Å². The lowest BCUT2D eigenvalue weighted by molar-refractivity contribution is 0.0942. The number of amides is 1. The summed E-state index contributed by atoms with van der Waals surface area (Å²) in [7, 11) is 0. The lowest BCUT2D eigenvalue weighted by Crippen LogP contribution is -2.49. The highest BCUT2D eigenvalue weighted by molar-refractivity contribution is 5.94. The van der Waals surface area contributed by atoms with Crippen molar-refractivity contribution in [2.24, 2.45) is 5.73 Å². The van der Waals surface area contributed by atoms with Gasteiger partial charge in [0.1, 0.15) is 12.7 Å². The Morgan fingerprint density at radius 2 is 2.19 bits per heavy atom. The van der Waals surface area contributed by atoms with Gasteiger partial charge in [-0.3, -0.25) is 4.79 Å². The topological polar surface area (TPSA) is 98.7 Å². The first-order valence-electron chi connectivity index (χ1n) is 6.96. The number of carbonyl (C=O) groups excluding carboxylic acids is 1. The molecule has 0 saturated heterocycles. The molecule has 0 fully saturated rings. The lowest BCUT2D eigenvalue weighted by Gasteiger charge is -2.26. The van der Waals surface area contributed by atoms with Crippen LogP contribution in [0.15, 0.2) is 31.0 Å². The van der Waals surface area contributed by atoms with E-state index in [-0.39, 0.29) is 11.4 Å². The molecule has 0 aliphatic carbocycles. The molecule has 0 atom stereocenters. The highest BCUT2D eigenvalue weighted by atomic mass is 16.1. The SMILES string of the molecule is CCC(N)(CC)CNC(=O)c1ccnc(-n2cncn2)c1. The van der Waals surface area contributed by atoms with Gasteiger partial charge in [-0.05, 0) is 25.0 Å². The zero-order valence-electron chi connectivity index (χ0n) is 12.3. The number of nitrogens with two attached hydrogens (primary N) is 1. The largest absolute Gasteiger partial charge is 0.350 e. The summed E-state index contributed by atoms with van der Waals surface area (Å²) in [5.74, 6) is 0.376. The van der Waals surface area contributed by atoms with Crippen LogP contribution in [0, 0.1) is 0 Å². The quantitative estimate of drug-likeness (QED) is 0.823. The Hall–Kier alpha value is -2.28. The molecule has 112 valence electrons. The third-order valence-electron chi connectivity index (χ3n) is 3.67. The van der Waals surface area contributed by atoms with Gasteiger partial charge < -0.3 is 11.1 Å². The van der Waals surface area contributed by atoms with E-state index in [0.717, 1.165) is 12.8 Å². The minimum absolute atomic E-state index is 0.171. The number of nitrogens with zero attached hydrogens (tertiary/aromatic N) is 4. The fourth-order valence-electron chi connectivity index (χ4n) is 1.87. The standard InChI is InChI=1S/C14H20N6O/c1-3-14(15,4-2)8-18-13(21)11-5-6-17-12(7-11)20-10-16-9-19-20/h5-7,9-10H,3-4,8,15H2,1-2H3,(H,18,21). The lowest BCUT2D eigenvalue weighted by atomic mass is 9.94. The van der Waals surface area contributed by atoms with E-state index in [1.165, 1.54) is 17.3 Å². The van der Waals surface area contributed by atoms with Crippen molar-refractivity contribution < 1.29 is 4.79 Å². The van der Waals surface area contributed by atoms with Gasteiger partial charge in [0, 0.05) is 23.8 Å². The fraction of sp³-hybridized carbons (Fsp3) is 0.429. The number of hydrogen-bond acceptors (Lipinski definition) is 5. The molecule has 0 unspecified atom stereocenters. The molecule has 0 saturated carbocycles. The van der Waals surface area contributed by atoms with Crippen molar-refractivity contribution in [3.63, 3.8) is 0 Å². The maximum absolute atomic E-state index is 12.2. The molecule has 0 bridgehead atoms. The number of hydrogen-bond donors (Lipinski definition) is 2. The maximum Gasteiger partial charge on any atom is 0.251 e. The average Bonchev–Trinajstić information content (AvgIpc) is 3.07. The van der Waals surface area contributed by atoms with E-state index in [0.29, 0.717) is 17.9 Å².